The molecule has 0 bridgehead atoms. The maximum atomic E-state index is 5.69. The Morgan fingerprint density at radius 2 is 1.56 bits per heavy atom. The Kier molecular flexibility index (Phi) is 7.40. The topological polar surface area (TPSA) is 9.23 Å². The van der Waals surface area contributed by atoms with E-state index in [2.05, 4.69) is 74.2 Å². The molecule has 0 aliphatic heterocycles. The van der Waals surface area contributed by atoms with E-state index < -0.39 is 0 Å². The Morgan fingerprint density at radius 1 is 0.852 bits per heavy atom. The van der Waals surface area contributed by atoms with Crippen LogP contribution in [0, 0.1) is 17.8 Å². The fourth-order valence-electron chi connectivity index (χ4n) is 3.86. The minimum absolute atomic E-state index is 0.545. The van der Waals surface area contributed by atoms with Crippen LogP contribution >= 0.6 is 0 Å². The van der Waals surface area contributed by atoms with Crippen LogP contribution in [-0.4, -0.2) is 6.61 Å². The lowest BCUT2D eigenvalue weighted by molar-refractivity contribution is 0.317. The third-order valence-corrected chi connectivity index (χ3v) is 5.46. The van der Waals surface area contributed by atoms with Gasteiger partial charge in [0, 0.05) is 11.5 Å². The largest absolute Gasteiger partial charge is 0.494 e. The van der Waals surface area contributed by atoms with Crippen LogP contribution < -0.4 is 4.74 Å². The quantitative estimate of drug-likeness (QED) is 0.517. The molecule has 0 unspecified atom stereocenters. The van der Waals surface area contributed by atoms with E-state index in [-0.39, 0.29) is 0 Å². The molecule has 1 nitrogen and oxygen atoms in total. The molecule has 0 radical (unpaired) electrons. The number of rotatable bonds is 6. The SMILES string of the molecule is CCCOc1ccc(C2CCC(C#Cc3ccc(CCC)cc3)CC2)cc1. The van der Waals surface area contributed by atoms with Gasteiger partial charge in [0.25, 0.3) is 0 Å². The standard InChI is InChI=1S/C26H32O/c1-3-5-21-6-8-22(9-7-21)10-11-23-12-14-24(15-13-23)25-16-18-26(19-17-25)27-20-4-2/h6-9,16-19,23-24H,3-5,12-15,20H2,1-2H3. The van der Waals surface area contributed by atoms with Crippen molar-refractivity contribution in [2.75, 3.05) is 6.61 Å². The highest BCUT2D eigenvalue weighted by Crippen LogP contribution is 2.36. The van der Waals surface area contributed by atoms with Crippen molar-refractivity contribution in [2.24, 2.45) is 5.92 Å². The molecule has 0 amide bonds. The molecule has 0 heterocycles. The Bertz CT molecular complexity index is 738. The smallest absolute Gasteiger partial charge is 0.119 e. The van der Waals surface area contributed by atoms with Crippen LogP contribution in [0.3, 0.4) is 0 Å². The van der Waals surface area contributed by atoms with E-state index in [4.69, 9.17) is 4.74 Å². The number of hydrogen-bond donors (Lipinski definition) is 0. The molecule has 1 fully saturated rings. The molecular formula is C26H32O. The number of ether oxygens (including phenoxy) is 1. The normalized spacial score (nSPS) is 19.2. The Labute approximate surface area is 165 Å². The highest BCUT2D eigenvalue weighted by Gasteiger charge is 2.21. The summed E-state index contributed by atoms with van der Waals surface area (Å²) >= 11 is 0. The zero-order valence-electron chi connectivity index (χ0n) is 16.8. The summed E-state index contributed by atoms with van der Waals surface area (Å²) in [5.41, 5.74) is 4.02. The predicted molar refractivity (Wildman–Crippen MR) is 114 cm³/mol. The first-order valence-corrected chi connectivity index (χ1v) is 10.6. The lowest BCUT2D eigenvalue weighted by atomic mass is 9.79. The van der Waals surface area contributed by atoms with Crippen LogP contribution in [0.5, 0.6) is 5.75 Å². The summed E-state index contributed by atoms with van der Waals surface area (Å²) in [5, 5.41) is 0. The second kappa shape index (κ2) is 10.2. The molecule has 2 aromatic carbocycles. The molecule has 0 aromatic heterocycles. The van der Waals surface area contributed by atoms with Crippen molar-refractivity contribution in [1.82, 2.24) is 0 Å². The van der Waals surface area contributed by atoms with Crippen LogP contribution in [-0.2, 0) is 6.42 Å². The van der Waals surface area contributed by atoms with Crippen LogP contribution in [0.25, 0.3) is 0 Å². The lowest BCUT2D eigenvalue weighted by Gasteiger charge is -2.26. The van der Waals surface area contributed by atoms with Crippen molar-refractivity contribution in [1.29, 1.82) is 0 Å². The van der Waals surface area contributed by atoms with Crippen molar-refractivity contribution < 1.29 is 4.74 Å². The Hall–Kier alpha value is -2.20. The van der Waals surface area contributed by atoms with Crippen molar-refractivity contribution in [2.45, 2.75) is 64.7 Å². The molecule has 142 valence electrons. The summed E-state index contributed by atoms with van der Waals surface area (Å²) in [6.07, 6.45) is 8.30. The molecule has 0 spiro atoms. The molecule has 2 aromatic rings. The van der Waals surface area contributed by atoms with Gasteiger partial charge >= 0.3 is 0 Å². The van der Waals surface area contributed by atoms with Gasteiger partial charge in [0.05, 0.1) is 6.61 Å². The zero-order chi connectivity index (χ0) is 18.9. The summed E-state index contributed by atoms with van der Waals surface area (Å²) in [5.74, 6) is 9.14. The van der Waals surface area contributed by atoms with Crippen molar-refractivity contribution in [3.8, 4) is 17.6 Å². The van der Waals surface area contributed by atoms with Crippen LogP contribution in [0.4, 0.5) is 0 Å². The predicted octanol–water partition coefficient (Wildman–Crippen LogP) is 6.75. The summed E-state index contributed by atoms with van der Waals surface area (Å²) in [6, 6.07) is 17.5. The zero-order valence-corrected chi connectivity index (χ0v) is 16.8. The summed E-state index contributed by atoms with van der Waals surface area (Å²) in [6.45, 7) is 5.15. The summed E-state index contributed by atoms with van der Waals surface area (Å²) in [4.78, 5) is 0. The van der Waals surface area contributed by atoms with E-state index in [9.17, 15) is 0 Å². The van der Waals surface area contributed by atoms with E-state index >= 15 is 0 Å². The van der Waals surface area contributed by atoms with Gasteiger partial charge < -0.3 is 4.74 Å². The third-order valence-electron chi connectivity index (χ3n) is 5.46. The van der Waals surface area contributed by atoms with E-state index in [1.165, 1.54) is 43.2 Å². The van der Waals surface area contributed by atoms with E-state index in [0.717, 1.165) is 30.8 Å². The molecule has 3 rings (SSSR count). The number of benzene rings is 2. The monoisotopic (exact) mass is 360 g/mol. The minimum Gasteiger partial charge on any atom is -0.494 e. The second-order valence-electron chi connectivity index (χ2n) is 7.68. The molecule has 0 N–H and O–H groups in total. The number of aryl methyl sites for hydroxylation is 1. The molecule has 1 aliphatic rings. The molecule has 1 saturated carbocycles. The fraction of sp³-hybridized carbons (Fsp3) is 0.462. The van der Waals surface area contributed by atoms with Crippen LogP contribution in [0.1, 0.15) is 75.0 Å². The molecule has 27 heavy (non-hydrogen) atoms. The van der Waals surface area contributed by atoms with Gasteiger partial charge in [-0.3, -0.25) is 0 Å². The summed E-state index contributed by atoms with van der Waals surface area (Å²) < 4.78 is 5.69. The molecule has 0 atom stereocenters. The van der Waals surface area contributed by atoms with E-state index in [0.29, 0.717) is 11.8 Å². The number of hydrogen-bond acceptors (Lipinski definition) is 1. The highest BCUT2D eigenvalue weighted by atomic mass is 16.5. The summed E-state index contributed by atoms with van der Waals surface area (Å²) in [7, 11) is 0. The average Bonchev–Trinajstić information content (AvgIpc) is 2.73. The molecule has 1 heteroatoms. The van der Waals surface area contributed by atoms with Gasteiger partial charge in [0.1, 0.15) is 5.75 Å². The average molecular weight is 361 g/mol. The van der Waals surface area contributed by atoms with E-state index in [1.54, 1.807) is 0 Å². The molecule has 1 aliphatic carbocycles. The van der Waals surface area contributed by atoms with Gasteiger partial charge in [-0.05, 0) is 79.8 Å². The van der Waals surface area contributed by atoms with Crippen LogP contribution in [0.15, 0.2) is 48.5 Å². The van der Waals surface area contributed by atoms with Crippen molar-refractivity contribution >= 4 is 0 Å². The van der Waals surface area contributed by atoms with Gasteiger partial charge in [0.2, 0.25) is 0 Å². The van der Waals surface area contributed by atoms with Gasteiger partial charge in [-0.2, -0.15) is 0 Å². The van der Waals surface area contributed by atoms with Gasteiger partial charge in [-0.15, -0.1) is 0 Å². The third kappa shape index (κ3) is 5.90. The maximum absolute atomic E-state index is 5.69. The maximum Gasteiger partial charge on any atom is 0.119 e. The van der Waals surface area contributed by atoms with Crippen LogP contribution in [0.2, 0.25) is 0 Å². The Balaban J connectivity index is 1.50. The van der Waals surface area contributed by atoms with Gasteiger partial charge in [0.15, 0.2) is 0 Å². The van der Waals surface area contributed by atoms with E-state index in [1.807, 2.05) is 0 Å². The van der Waals surface area contributed by atoms with Gasteiger partial charge in [-0.25, -0.2) is 0 Å². The first-order valence-electron chi connectivity index (χ1n) is 10.6. The fourth-order valence-corrected chi connectivity index (χ4v) is 3.86. The minimum atomic E-state index is 0.545. The first kappa shape index (κ1) is 19.6. The van der Waals surface area contributed by atoms with Crippen molar-refractivity contribution in [3.63, 3.8) is 0 Å². The van der Waals surface area contributed by atoms with Crippen molar-refractivity contribution in [3.05, 3.63) is 65.2 Å². The molecule has 0 saturated heterocycles. The lowest BCUT2D eigenvalue weighted by Crippen LogP contribution is -2.12. The molecular weight excluding hydrogens is 328 g/mol. The Morgan fingerprint density at radius 3 is 2.19 bits per heavy atom. The van der Waals surface area contributed by atoms with Gasteiger partial charge in [-0.1, -0.05) is 56.4 Å². The highest BCUT2D eigenvalue weighted by molar-refractivity contribution is 5.37. The second-order valence-corrected chi connectivity index (χ2v) is 7.68. The first-order chi connectivity index (χ1) is 13.3.